The highest BCUT2D eigenvalue weighted by molar-refractivity contribution is 7.80. The molecule has 1 saturated carbocycles. The van der Waals surface area contributed by atoms with E-state index in [9.17, 15) is 0 Å². The maximum absolute atomic E-state index is 6.14. The Labute approximate surface area is 113 Å². The van der Waals surface area contributed by atoms with Gasteiger partial charge in [0.15, 0.2) is 0 Å². The Morgan fingerprint density at radius 1 is 1.47 bits per heavy atom. The number of rotatable bonds is 3. The number of nitrogens with one attached hydrogen (secondary N) is 1. The molecule has 1 aliphatic rings. The normalized spacial score (nSPS) is 23.6. The van der Waals surface area contributed by atoms with Crippen molar-refractivity contribution in [3.63, 3.8) is 0 Å². The van der Waals surface area contributed by atoms with Crippen molar-refractivity contribution < 1.29 is 0 Å². The van der Waals surface area contributed by atoms with E-state index in [1.165, 1.54) is 19.3 Å². The molecule has 2 nitrogen and oxygen atoms in total. The van der Waals surface area contributed by atoms with Crippen molar-refractivity contribution in [3.8, 4) is 0 Å². The fraction of sp³-hybridized carbons (Fsp3) is 0.462. The third-order valence-electron chi connectivity index (χ3n) is 3.45. The zero-order valence-electron chi connectivity index (χ0n) is 9.87. The summed E-state index contributed by atoms with van der Waals surface area (Å²) in [5.41, 5.74) is 7.37. The highest BCUT2D eigenvalue weighted by Gasteiger charge is 2.23. The highest BCUT2D eigenvalue weighted by atomic mass is 35.5. The summed E-state index contributed by atoms with van der Waals surface area (Å²) < 4.78 is 0. The molecule has 92 valence electrons. The van der Waals surface area contributed by atoms with Crippen LogP contribution in [0.1, 0.15) is 31.7 Å². The molecule has 0 spiro atoms. The summed E-state index contributed by atoms with van der Waals surface area (Å²) in [4.78, 5) is 0.343. The van der Waals surface area contributed by atoms with E-state index in [4.69, 9.17) is 29.6 Å². The van der Waals surface area contributed by atoms with Crippen molar-refractivity contribution in [2.24, 2.45) is 11.7 Å². The van der Waals surface area contributed by atoms with Crippen LogP contribution in [0.4, 0.5) is 5.69 Å². The molecular formula is C13H17ClN2S. The second-order valence-electron chi connectivity index (χ2n) is 4.72. The summed E-state index contributed by atoms with van der Waals surface area (Å²) in [6.07, 6.45) is 3.84. The van der Waals surface area contributed by atoms with E-state index < -0.39 is 0 Å². The summed E-state index contributed by atoms with van der Waals surface area (Å²) in [6.45, 7) is 2.29. The molecule has 1 aromatic carbocycles. The van der Waals surface area contributed by atoms with Crippen molar-refractivity contribution >= 4 is 34.5 Å². The maximum Gasteiger partial charge on any atom is 0.105 e. The summed E-state index contributed by atoms with van der Waals surface area (Å²) in [6, 6.07) is 6.33. The molecule has 2 atom stereocenters. The average molecular weight is 269 g/mol. The van der Waals surface area contributed by atoms with Crippen molar-refractivity contribution in [1.29, 1.82) is 0 Å². The summed E-state index contributed by atoms with van der Waals surface area (Å²) in [5.74, 6) is 0.726. The van der Waals surface area contributed by atoms with Gasteiger partial charge in [0, 0.05) is 17.3 Å². The van der Waals surface area contributed by atoms with Gasteiger partial charge in [-0.15, -0.1) is 0 Å². The Bertz CT molecular complexity index is 433. The van der Waals surface area contributed by atoms with E-state index in [0.29, 0.717) is 16.1 Å². The Balaban J connectivity index is 2.12. The molecule has 2 unspecified atom stereocenters. The molecule has 0 aliphatic heterocycles. The highest BCUT2D eigenvalue weighted by Crippen LogP contribution is 2.29. The number of benzene rings is 1. The van der Waals surface area contributed by atoms with Crippen LogP contribution >= 0.6 is 23.8 Å². The van der Waals surface area contributed by atoms with Gasteiger partial charge in [0.25, 0.3) is 0 Å². The number of anilines is 1. The van der Waals surface area contributed by atoms with E-state index in [0.717, 1.165) is 17.2 Å². The van der Waals surface area contributed by atoms with Crippen LogP contribution in [-0.2, 0) is 0 Å². The maximum atomic E-state index is 6.14. The average Bonchev–Trinajstić information content (AvgIpc) is 2.64. The molecule has 4 heteroatoms. The minimum Gasteiger partial charge on any atom is -0.389 e. The number of thiocarbonyl (C=S) groups is 1. The van der Waals surface area contributed by atoms with Gasteiger partial charge in [0.2, 0.25) is 0 Å². The number of hydrogen-bond acceptors (Lipinski definition) is 2. The first-order chi connectivity index (χ1) is 8.08. The molecule has 17 heavy (non-hydrogen) atoms. The van der Waals surface area contributed by atoms with Gasteiger partial charge in [-0.05, 0) is 37.0 Å². The van der Waals surface area contributed by atoms with E-state index in [1.54, 1.807) is 0 Å². The van der Waals surface area contributed by atoms with Crippen LogP contribution in [0, 0.1) is 5.92 Å². The quantitative estimate of drug-likeness (QED) is 0.823. The van der Waals surface area contributed by atoms with Crippen LogP contribution < -0.4 is 11.1 Å². The summed E-state index contributed by atoms with van der Waals surface area (Å²) in [5, 5.41) is 4.15. The lowest BCUT2D eigenvalue weighted by atomic mass is 10.1. The zero-order chi connectivity index (χ0) is 12.4. The lowest BCUT2D eigenvalue weighted by Crippen LogP contribution is -2.21. The molecule has 1 aliphatic carbocycles. The van der Waals surface area contributed by atoms with E-state index in [2.05, 4.69) is 12.2 Å². The summed E-state index contributed by atoms with van der Waals surface area (Å²) in [7, 11) is 0. The van der Waals surface area contributed by atoms with Gasteiger partial charge >= 0.3 is 0 Å². The molecule has 0 saturated heterocycles. The van der Waals surface area contributed by atoms with E-state index >= 15 is 0 Å². The second kappa shape index (κ2) is 5.23. The predicted octanol–water partition coefficient (Wildman–Crippen LogP) is 3.57. The first-order valence-corrected chi connectivity index (χ1v) is 6.72. The van der Waals surface area contributed by atoms with Gasteiger partial charge in [-0.3, -0.25) is 0 Å². The van der Waals surface area contributed by atoms with Gasteiger partial charge in [0.05, 0.1) is 5.02 Å². The minimum absolute atomic E-state index is 0.343. The van der Waals surface area contributed by atoms with Crippen molar-refractivity contribution in [2.75, 3.05) is 5.32 Å². The Morgan fingerprint density at radius 2 is 2.24 bits per heavy atom. The monoisotopic (exact) mass is 268 g/mol. The fourth-order valence-corrected chi connectivity index (χ4v) is 2.90. The Hall–Kier alpha value is -0.800. The summed E-state index contributed by atoms with van der Waals surface area (Å²) >= 11 is 11.1. The topological polar surface area (TPSA) is 38.0 Å². The second-order valence-corrected chi connectivity index (χ2v) is 5.56. The predicted molar refractivity (Wildman–Crippen MR) is 77.8 cm³/mol. The van der Waals surface area contributed by atoms with Gasteiger partial charge in [-0.2, -0.15) is 0 Å². The van der Waals surface area contributed by atoms with Gasteiger partial charge < -0.3 is 11.1 Å². The SMILES string of the molecule is CC1CCCC1Nc1ccc(C(N)=S)c(Cl)c1. The van der Waals surface area contributed by atoms with Crippen LogP contribution in [-0.4, -0.2) is 11.0 Å². The van der Waals surface area contributed by atoms with Crippen molar-refractivity contribution in [3.05, 3.63) is 28.8 Å². The van der Waals surface area contributed by atoms with Gasteiger partial charge in [-0.1, -0.05) is 37.2 Å². The number of nitrogens with two attached hydrogens (primary N) is 1. The molecule has 0 aromatic heterocycles. The molecular weight excluding hydrogens is 252 g/mol. The first-order valence-electron chi connectivity index (χ1n) is 5.94. The van der Waals surface area contributed by atoms with Crippen LogP contribution in [0.2, 0.25) is 5.02 Å². The smallest absolute Gasteiger partial charge is 0.105 e. The number of halogens is 1. The van der Waals surface area contributed by atoms with E-state index in [-0.39, 0.29) is 0 Å². The first kappa shape index (κ1) is 12.7. The lowest BCUT2D eigenvalue weighted by molar-refractivity contribution is 0.556. The molecule has 3 N–H and O–H groups in total. The molecule has 1 aromatic rings. The Kier molecular flexibility index (Phi) is 3.89. The third kappa shape index (κ3) is 2.90. The number of hydrogen-bond donors (Lipinski definition) is 2. The third-order valence-corrected chi connectivity index (χ3v) is 3.98. The van der Waals surface area contributed by atoms with Gasteiger partial charge in [0.1, 0.15) is 4.99 Å². The molecule has 0 heterocycles. The molecule has 2 rings (SSSR count). The molecule has 0 bridgehead atoms. The molecule has 0 amide bonds. The minimum atomic E-state index is 0.343. The fourth-order valence-electron chi connectivity index (χ4n) is 2.38. The lowest BCUT2D eigenvalue weighted by Gasteiger charge is -2.19. The largest absolute Gasteiger partial charge is 0.389 e. The van der Waals surface area contributed by atoms with Crippen LogP contribution in [0.5, 0.6) is 0 Å². The van der Waals surface area contributed by atoms with Crippen molar-refractivity contribution in [1.82, 2.24) is 0 Å². The van der Waals surface area contributed by atoms with E-state index in [1.807, 2.05) is 18.2 Å². The van der Waals surface area contributed by atoms with Crippen LogP contribution in [0.3, 0.4) is 0 Å². The van der Waals surface area contributed by atoms with Crippen molar-refractivity contribution in [2.45, 2.75) is 32.2 Å². The standard InChI is InChI=1S/C13H17ClN2S/c1-8-3-2-4-12(8)16-9-5-6-10(13(15)17)11(14)7-9/h5-8,12,16H,2-4H2,1H3,(H2,15,17). The van der Waals surface area contributed by atoms with Crippen LogP contribution in [0.25, 0.3) is 0 Å². The van der Waals surface area contributed by atoms with Crippen LogP contribution in [0.15, 0.2) is 18.2 Å². The van der Waals surface area contributed by atoms with Gasteiger partial charge in [-0.25, -0.2) is 0 Å². The molecule has 1 fully saturated rings. The Morgan fingerprint density at radius 3 is 2.76 bits per heavy atom. The zero-order valence-corrected chi connectivity index (χ0v) is 11.4. The molecule has 0 radical (unpaired) electrons.